The van der Waals surface area contributed by atoms with E-state index in [2.05, 4.69) is 5.32 Å². The molecule has 2 heterocycles. The first kappa shape index (κ1) is 16.1. The second-order valence-electron chi connectivity index (χ2n) is 6.28. The van der Waals surface area contributed by atoms with Crippen molar-refractivity contribution in [3.05, 3.63) is 41.7 Å². The molecule has 1 aliphatic heterocycles. The molecule has 0 aliphatic carbocycles. The summed E-state index contributed by atoms with van der Waals surface area (Å²) in [5, 5.41) is 12.3. The molecule has 1 aromatic heterocycles. The number of ether oxygens (including phenoxy) is 1. The molecule has 1 aromatic carbocycles. The number of hydrogen-bond acceptors (Lipinski definition) is 3. The topological polar surface area (TPSA) is 80.6 Å². The van der Waals surface area contributed by atoms with Gasteiger partial charge >= 0.3 is 5.97 Å². The lowest BCUT2D eigenvalue weighted by Gasteiger charge is -2.28. The Morgan fingerprint density at radius 1 is 1.42 bits per heavy atom. The molecule has 0 saturated heterocycles. The SMILES string of the molecule is COc1cccc(-n2cc(C(=O)O)c3c2[C@H](C(C)C)CC(=O)N3)c1. The summed E-state index contributed by atoms with van der Waals surface area (Å²) < 4.78 is 7.12. The highest BCUT2D eigenvalue weighted by molar-refractivity contribution is 6.03. The highest BCUT2D eigenvalue weighted by atomic mass is 16.5. The molecule has 0 unspecified atom stereocenters. The van der Waals surface area contributed by atoms with Gasteiger partial charge in [0.1, 0.15) is 11.3 Å². The van der Waals surface area contributed by atoms with Gasteiger partial charge in [-0.1, -0.05) is 19.9 Å². The summed E-state index contributed by atoms with van der Waals surface area (Å²) in [4.78, 5) is 23.7. The van der Waals surface area contributed by atoms with Crippen LogP contribution >= 0.6 is 0 Å². The van der Waals surface area contributed by atoms with E-state index in [-0.39, 0.29) is 23.3 Å². The lowest BCUT2D eigenvalue weighted by molar-refractivity contribution is -0.117. The number of anilines is 1. The summed E-state index contributed by atoms with van der Waals surface area (Å²) in [7, 11) is 1.59. The first-order valence-electron chi connectivity index (χ1n) is 7.85. The van der Waals surface area contributed by atoms with Crippen molar-refractivity contribution in [2.75, 3.05) is 12.4 Å². The van der Waals surface area contributed by atoms with Crippen LogP contribution in [0, 0.1) is 5.92 Å². The quantitative estimate of drug-likeness (QED) is 0.902. The predicted molar refractivity (Wildman–Crippen MR) is 90.1 cm³/mol. The third kappa shape index (κ3) is 2.64. The number of carbonyl (C=O) groups is 2. The van der Waals surface area contributed by atoms with E-state index in [9.17, 15) is 14.7 Å². The zero-order valence-corrected chi connectivity index (χ0v) is 13.9. The van der Waals surface area contributed by atoms with Gasteiger partial charge in [-0.25, -0.2) is 4.79 Å². The van der Waals surface area contributed by atoms with Crippen molar-refractivity contribution in [2.45, 2.75) is 26.2 Å². The summed E-state index contributed by atoms with van der Waals surface area (Å²) in [5.41, 5.74) is 2.14. The van der Waals surface area contributed by atoms with Crippen molar-refractivity contribution in [1.29, 1.82) is 0 Å². The van der Waals surface area contributed by atoms with Crippen LogP contribution in [-0.4, -0.2) is 28.7 Å². The number of aromatic carboxylic acids is 1. The normalized spacial score (nSPS) is 16.7. The van der Waals surface area contributed by atoms with E-state index in [1.165, 1.54) is 0 Å². The van der Waals surface area contributed by atoms with Gasteiger partial charge in [0.05, 0.1) is 18.5 Å². The average Bonchev–Trinajstić information content (AvgIpc) is 2.93. The van der Waals surface area contributed by atoms with Crippen LogP contribution in [0.3, 0.4) is 0 Å². The Labute approximate surface area is 140 Å². The van der Waals surface area contributed by atoms with Crippen molar-refractivity contribution in [1.82, 2.24) is 4.57 Å². The van der Waals surface area contributed by atoms with E-state index < -0.39 is 5.97 Å². The molecule has 3 rings (SSSR count). The number of methoxy groups -OCH3 is 1. The molecule has 1 amide bonds. The fourth-order valence-electron chi connectivity index (χ4n) is 3.19. The number of hydrogen-bond donors (Lipinski definition) is 2. The number of nitrogens with zero attached hydrogens (tertiary/aromatic N) is 1. The van der Waals surface area contributed by atoms with Gasteiger partial charge in [0.25, 0.3) is 0 Å². The molecule has 2 aromatic rings. The molecule has 0 radical (unpaired) electrons. The van der Waals surface area contributed by atoms with E-state index >= 15 is 0 Å². The fourth-order valence-corrected chi connectivity index (χ4v) is 3.19. The zero-order valence-electron chi connectivity index (χ0n) is 13.9. The molecule has 126 valence electrons. The van der Waals surface area contributed by atoms with Gasteiger partial charge in [-0.3, -0.25) is 4.79 Å². The Balaban J connectivity index is 2.25. The molecule has 0 fully saturated rings. The Morgan fingerprint density at radius 2 is 2.17 bits per heavy atom. The standard InChI is InChI=1S/C18H20N2O4/c1-10(2)13-8-15(21)19-16-14(18(22)23)9-20(17(13)16)11-5-4-6-12(7-11)24-3/h4-7,9-10,13H,8H2,1-3H3,(H,19,21)(H,22,23)/t13-/m0/s1. The van der Waals surface area contributed by atoms with Crippen LogP contribution in [0.25, 0.3) is 5.69 Å². The minimum atomic E-state index is -1.06. The van der Waals surface area contributed by atoms with Gasteiger partial charge in [-0.15, -0.1) is 0 Å². The van der Waals surface area contributed by atoms with Gasteiger partial charge in [0.15, 0.2) is 0 Å². The number of rotatable bonds is 4. The number of benzene rings is 1. The first-order chi connectivity index (χ1) is 11.4. The molecule has 2 N–H and O–H groups in total. The molecular formula is C18H20N2O4. The fraction of sp³-hybridized carbons (Fsp3) is 0.333. The molecule has 6 nitrogen and oxygen atoms in total. The highest BCUT2D eigenvalue weighted by Crippen LogP contribution is 2.41. The van der Waals surface area contributed by atoms with Crippen molar-refractivity contribution >= 4 is 17.6 Å². The van der Waals surface area contributed by atoms with Gasteiger partial charge in [-0.2, -0.15) is 0 Å². The third-order valence-corrected chi connectivity index (χ3v) is 4.43. The highest BCUT2D eigenvalue weighted by Gasteiger charge is 2.34. The predicted octanol–water partition coefficient (Wildman–Crippen LogP) is 3.27. The van der Waals surface area contributed by atoms with Crippen molar-refractivity contribution in [3.8, 4) is 11.4 Å². The molecule has 1 aliphatic rings. The van der Waals surface area contributed by atoms with E-state index in [0.717, 1.165) is 11.4 Å². The van der Waals surface area contributed by atoms with Crippen LogP contribution in [-0.2, 0) is 4.79 Å². The van der Waals surface area contributed by atoms with Gasteiger partial charge in [-0.05, 0) is 18.1 Å². The maximum atomic E-state index is 12.0. The van der Waals surface area contributed by atoms with Crippen LogP contribution in [0.4, 0.5) is 5.69 Å². The van der Waals surface area contributed by atoms with E-state index in [4.69, 9.17) is 4.74 Å². The summed E-state index contributed by atoms with van der Waals surface area (Å²) in [5.74, 6) is -0.360. The van der Waals surface area contributed by atoms with Crippen molar-refractivity contribution in [2.24, 2.45) is 5.92 Å². The van der Waals surface area contributed by atoms with Crippen LogP contribution in [0.2, 0.25) is 0 Å². The number of fused-ring (bicyclic) bond motifs is 1. The van der Waals surface area contributed by atoms with Crippen LogP contribution in [0.5, 0.6) is 5.75 Å². The average molecular weight is 328 g/mol. The van der Waals surface area contributed by atoms with E-state index in [1.54, 1.807) is 13.3 Å². The molecule has 1 atom stereocenters. The molecule has 0 spiro atoms. The van der Waals surface area contributed by atoms with Crippen LogP contribution in [0.1, 0.15) is 42.2 Å². The van der Waals surface area contributed by atoms with Crippen molar-refractivity contribution in [3.63, 3.8) is 0 Å². The van der Waals surface area contributed by atoms with Gasteiger partial charge in [0, 0.05) is 30.3 Å². The molecule has 6 heteroatoms. The number of aromatic nitrogens is 1. The Kier molecular flexibility index (Phi) is 4.05. The minimum absolute atomic E-state index is 0.0481. The summed E-state index contributed by atoms with van der Waals surface area (Å²) in [6, 6.07) is 7.42. The number of amides is 1. The zero-order chi connectivity index (χ0) is 17.4. The molecule has 0 saturated carbocycles. The minimum Gasteiger partial charge on any atom is -0.497 e. The number of carboxylic acids is 1. The first-order valence-corrected chi connectivity index (χ1v) is 7.85. The van der Waals surface area contributed by atoms with Crippen LogP contribution in [0.15, 0.2) is 30.5 Å². The molecule has 0 bridgehead atoms. The maximum absolute atomic E-state index is 12.0. The summed E-state index contributed by atoms with van der Waals surface area (Å²) in [6.45, 7) is 4.08. The number of carbonyl (C=O) groups excluding carboxylic acids is 1. The largest absolute Gasteiger partial charge is 0.497 e. The second-order valence-corrected chi connectivity index (χ2v) is 6.28. The Hall–Kier alpha value is -2.76. The Bertz CT molecular complexity index is 807. The van der Waals surface area contributed by atoms with E-state index in [1.807, 2.05) is 42.7 Å². The lowest BCUT2D eigenvalue weighted by Crippen LogP contribution is -2.27. The lowest BCUT2D eigenvalue weighted by atomic mass is 9.85. The molecular weight excluding hydrogens is 308 g/mol. The van der Waals surface area contributed by atoms with Crippen molar-refractivity contribution < 1.29 is 19.4 Å². The summed E-state index contributed by atoms with van der Waals surface area (Å²) in [6.07, 6.45) is 1.92. The monoisotopic (exact) mass is 328 g/mol. The van der Waals surface area contributed by atoms with Crippen LogP contribution < -0.4 is 10.1 Å². The van der Waals surface area contributed by atoms with Gasteiger partial charge < -0.3 is 19.7 Å². The Morgan fingerprint density at radius 3 is 2.79 bits per heavy atom. The second kappa shape index (κ2) is 6.03. The summed E-state index contributed by atoms with van der Waals surface area (Å²) >= 11 is 0. The van der Waals surface area contributed by atoms with Gasteiger partial charge in [0.2, 0.25) is 5.91 Å². The third-order valence-electron chi connectivity index (χ3n) is 4.43. The number of carboxylic acid groups (broad SMARTS) is 1. The molecule has 24 heavy (non-hydrogen) atoms. The number of nitrogens with one attached hydrogen (secondary N) is 1. The maximum Gasteiger partial charge on any atom is 0.339 e. The van der Waals surface area contributed by atoms with E-state index in [0.29, 0.717) is 17.9 Å². The smallest absolute Gasteiger partial charge is 0.339 e.